The number of furan rings is 1. The molecule has 0 saturated heterocycles. The molecular formula is C11H11NO. The summed E-state index contributed by atoms with van der Waals surface area (Å²) in [6.07, 6.45) is 7.65. The Kier molecular flexibility index (Phi) is 2.46. The fourth-order valence-corrected chi connectivity index (χ4v) is 1.21. The molecule has 0 bridgehead atoms. The molecule has 2 nitrogen and oxygen atoms in total. The molecule has 1 aromatic rings. The van der Waals surface area contributed by atoms with Crippen LogP contribution in [0.2, 0.25) is 0 Å². The highest BCUT2D eigenvalue weighted by Crippen LogP contribution is 2.02. The van der Waals surface area contributed by atoms with Crippen molar-refractivity contribution in [2.75, 3.05) is 6.54 Å². The molecule has 1 heterocycles. The predicted octanol–water partition coefficient (Wildman–Crippen LogP) is 2.02. The topological polar surface area (TPSA) is 25.2 Å². The molecule has 2 heteroatoms. The molecule has 0 spiro atoms. The number of hydrogen-bond donors (Lipinski definition) is 1. The summed E-state index contributed by atoms with van der Waals surface area (Å²) in [5.41, 5.74) is 4.31. The summed E-state index contributed by atoms with van der Waals surface area (Å²) in [6.45, 7) is 1.61. The third-order valence-corrected chi connectivity index (χ3v) is 1.86. The van der Waals surface area contributed by atoms with Crippen LogP contribution in [0.1, 0.15) is 5.76 Å². The zero-order valence-corrected chi connectivity index (χ0v) is 7.29. The molecule has 0 fully saturated rings. The minimum Gasteiger partial charge on any atom is -0.468 e. The molecule has 0 aromatic carbocycles. The van der Waals surface area contributed by atoms with E-state index in [1.165, 1.54) is 5.57 Å². The van der Waals surface area contributed by atoms with Gasteiger partial charge in [0.15, 0.2) is 0 Å². The fraction of sp³-hybridized carbons (Fsp3) is 0.182. The van der Waals surface area contributed by atoms with Gasteiger partial charge in [-0.25, -0.2) is 0 Å². The van der Waals surface area contributed by atoms with Crippen LogP contribution in [0.5, 0.6) is 0 Å². The summed E-state index contributed by atoms with van der Waals surface area (Å²) in [7, 11) is 0. The molecule has 1 aliphatic rings. The van der Waals surface area contributed by atoms with Gasteiger partial charge in [-0.1, -0.05) is 6.08 Å². The van der Waals surface area contributed by atoms with Gasteiger partial charge in [0.2, 0.25) is 0 Å². The van der Waals surface area contributed by atoms with Crippen LogP contribution in [0.3, 0.4) is 0 Å². The normalized spacial score (nSPS) is 13.7. The largest absolute Gasteiger partial charge is 0.468 e. The lowest BCUT2D eigenvalue weighted by Crippen LogP contribution is -2.14. The van der Waals surface area contributed by atoms with Gasteiger partial charge in [0, 0.05) is 12.1 Å². The fourth-order valence-electron chi connectivity index (χ4n) is 1.21. The first kappa shape index (κ1) is 8.11. The van der Waals surface area contributed by atoms with Crippen LogP contribution in [0.4, 0.5) is 0 Å². The molecule has 2 rings (SSSR count). The molecule has 0 amide bonds. The average molecular weight is 173 g/mol. The maximum Gasteiger partial charge on any atom is 0.117 e. The number of nitrogens with one attached hydrogen (secondary N) is 1. The minimum atomic E-state index is 0.770. The Morgan fingerprint density at radius 1 is 1.38 bits per heavy atom. The molecule has 66 valence electrons. The van der Waals surface area contributed by atoms with Gasteiger partial charge in [-0.15, -0.1) is 5.73 Å². The van der Waals surface area contributed by atoms with Gasteiger partial charge in [-0.3, -0.25) is 0 Å². The highest BCUT2D eigenvalue weighted by atomic mass is 16.3. The van der Waals surface area contributed by atoms with E-state index in [1.54, 1.807) is 6.26 Å². The minimum absolute atomic E-state index is 0.770. The van der Waals surface area contributed by atoms with E-state index in [1.807, 2.05) is 24.3 Å². The Hall–Kier alpha value is -1.50. The first-order chi connectivity index (χ1) is 6.45. The summed E-state index contributed by atoms with van der Waals surface area (Å²) in [4.78, 5) is 0. The zero-order valence-electron chi connectivity index (χ0n) is 7.29. The molecule has 0 aliphatic heterocycles. The first-order valence-electron chi connectivity index (χ1n) is 4.30. The van der Waals surface area contributed by atoms with Crippen LogP contribution < -0.4 is 5.32 Å². The van der Waals surface area contributed by atoms with Crippen molar-refractivity contribution >= 4 is 0 Å². The second-order valence-electron chi connectivity index (χ2n) is 2.88. The third-order valence-electron chi connectivity index (χ3n) is 1.86. The molecule has 1 N–H and O–H groups in total. The Bertz CT molecular complexity index is 353. The second kappa shape index (κ2) is 3.94. The van der Waals surface area contributed by atoms with Crippen LogP contribution in [0.15, 0.2) is 52.3 Å². The highest BCUT2D eigenvalue weighted by molar-refractivity contribution is 5.29. The average Bonchev–Trinajstić information content (AvgIpc) is 2.75. The van der Waals surface area contributed by atoms with Crippen molar-refractivity contribution in [3.63, 3.8) is 0 Å². The summed E-state index contributed by atoms with van der Waals surface area (Å²) in [5.74, 6) is 0.964. The Morgan fingerprint density at radius 3 is 3.08 bits per heavy atom. The van der Waals surface area contributed by atoms with E-state index in [0.717, 1.165) is 18.8 Å². The van der Waals surface area contributed by atoms with Crippen molar-refractivity contribution in [1.82, 2.24) is 5.32 Å². The van der Waals surface area contributed by atoms with E-state index >= 15 is 0 Å². The molecule has 0 unspecified atom stereocenters. The van der Waals surface area contributed by atoms with E-state index in [4.69, 9.17) is 4.42 Å². The van der Waals surface area contributed by atoms with Crippen molar-refractivity contribution in [3.05, 3.63) is 53.7 Å². The van der Waals surface area contributed by atoms with Gasteiger partial charge < -0.3 is 9.73 Å². The lowest BCUT2D eigenvalue weighted by atomic mass is 10.3. The van der Waals surface area contributed by atoms with E-state index < -0.39 is 0 Å². The lowest BCUT2D eigenvalue weighted by Gasteiger charge is -1.99. The number of rotatable bonds is 4. The van der Waals surface area contributed by atoms with Gasteiger partial charge in [0.25, 0.3) is 0 Å². The van der Waals surface area contributed by atoms with Crippen molar-refractivity contribution in [2.45, 2.75) is 6.54 Å². The molecule has 0 atom stereocenters. The van der Waals surface area contributed by atoms with E-state index in [2.05, 4.69) is 17.1 Å². The first-order valence-corrected chi connectivity index (χ1v) is 4.30. The standard InChI is InChI=1S/C11H11NO/c1-2-5-10(4-1)8-12-9-11-6-3-7-13-11/h1-4,6-7,12H,8-9H2. The summed E-state index contributed by atoms with van der Waals surface area (Å²) >= 11 is 0. The number of allylic oxidation sites excluding steroid dienone is 1. The van der Waals surface area contributed by atoms with Crippen molar-refractivity contribution in [3.8, 4) is 0 Å². The van der Waals surface area contributed by atoms with Crippen LogP contribution >= 0.6 is 0 Å². The lowest BCUT2D eigenvalue weighted by molar-refractivity contribution is 0.489. The van der Waals surface area contributed by atoms with Gasteiger partial charge >= 0.3 is 0 Å². The van der Waals surface area contributed by atoms with Crippen LogP contribution in [0.25, 0.3) is 0 Å². The predicted molar refractivity (Wildman–Crippen MR) is 51.2 cm³/mol. The van der Waals surface area contributed by atoms with E-state index in [-0.39, 0.29) is 0 Å². The second-order valence-corrected chi connectivity index (χ2v) is 2.88. The number of hydrogen-bond acceptors (Lipinski definition) is 2. The van der Waals surface area contributed by atoms with Gasteiger partial charge in [-0.2, -0.15) is 0 Å². The Morgan fingerprint density at radius 2 is 2.38 bits per heavy atom. The SMILES string of the molecule is C1=CC=CC=1CNCc1ccco1. The van der Waals surface area contributed by atoms with Crippen LogP contribution in [-0.2, 0) is 6.54 Å². The molecular weight excluding hydrogens is 162 g/mol. The van der Waals surface area contributed by atoms with Crippen LogP contribution in [-0.4, -0.2) is 6.54 Å². The maximum atomic E-state index is 5.18. The van der Waals surface area contributed by atoms with Crippen molar-refractivity contribution < 1.29 is 4.42 Å². The maximum absolute atomic E-state index is 5.18. The molecule has 1 aromatic heterocycles. The smallest absolute Gasteiger partial charge is 0.117 e. The van der Waals surface area contributed by atoms with Gasteiger partial charge in [-0.05, 0) is 24.3 Å². The van der Waals surface area contributed by atoms with E-state index in [9.17, 15) is 0 Å². The third kappa shape index (κ3) is 2.22. The Balaban J connectivity index is 1.76. The van der Waals surface area contributed by atoms with Gasteiger partial charge in [0.1, 0.15) is 5.76 Å². The Labute approximate surface area is 77.3 Å². The van der Waals surface area contributed by atoms with Crippen molar-refractivity contribution in [2.24, 2.45) is 0 Å². The summed E-state index contributed by atoms with van der Waals surface area (Å²) in [5, 5.41) is 3.27. The highest BCUT2D eigenvalue weighted by Gasteiger charge is 1.96. The van der Waals surface area contributed by atoms with Crippen molar-refractivity contribution in [1.29, 1.82) is 0 Å². The van der Waals surface area contributed by atoms with E-state index in [0.29, 0.717) is 0 Å². The van der Waals surface area contributed by atoms with Gasteiger partial charge in [0.05, 0.1) is 12.8 Å². The monoisotopic (exact) mass is 173 g/mol. The molecule has 13 heavy (non-hydrogen) atoms. The molecule has 1 aliphatic carbocycles. The zero-order chi connectivity index (χ0) is 8.93. The summed E-state index contributed by atoms with van der Waals surface area (Å²) in [6, 6.07) is 3.85. The molecule has 0 radical (unpaired) electrons. The van der Waals surface area contributed by atoms with Crippen LogP contribution in [0, 0.1) is 0 Å². The quantitative estimate of drug-likeness (QED) is 0.705. The molecule has 0 saturated carbocycles. The summed E-state index contributed by atoms with van der Waals surface area (Å²) < 4.78 is 5.18.